The van der Waals surface area contributed by atoms with Crippen molar-refractivity contribution in [2.45, 2.75) is 101 Å². The van der Waals surface area contributed by atoms with Crippen molar-refractivity contribution in [2.75, 3.05) is 39.6 Å². The Hall–Kier alpha value is -1.93. The van der Waals surface area contributed by atoms with E-state index in [1.54, 1.807) is 6.08 Å². The first-order valence-electron chi connectivity index (χ1n) is 13.9. The van der Waals surface area contributed by atoms with Gasteiger partial charge in [-0.15, -0.1) is 0 Å². The monoisotopic (exact) mass is 542 g/mol. The third-order valence-electron chi connectivity index (χ3n) is 7.52. The van der Waals surface area contributed by atoms with Crippen LogP contribution in [0, 0.1) is 21.7 Å². The molecule has 0 spiro atoms. The molecule has 0 amide bonds. The zero-order valence-electron chi connectivity index (χ0n) is 25.7. The van der Waals surface area contributed by atoms with Crippen molar-refractivity contribution >= 4 is 17.9 Å². The summed E-state index contributed by atoms with van der Waals surface area (Å²) < 4.78 is 25.4. The molecule has 222 valence electrons. The molecule has 38 heavy (non-hydrogen) atoms. The zero-order valence-corrected chi connectivity index (χ0v) is 25.7. The molecule has 1 unspecified atom stereocenters. The van der Waals surface area contributed by atoms with Gasteiger partial charge in [0.1, 0.15) is 25.9 Å². The molecular formula is C30H54O8. The van der Waals surface area contributed by atoms with Crippen LogP contribution in [0.2, 0.25) is 0 Å². The SMILES string of the molecule is C=CCOC(=O)C(C)(C)CC.CCC(C)(C)C(=O)OCC1CO1.CCC1(COC(=O)C(C)(C)CC)COC1. The Morgan fingerprint density at radius 3 is 1.55 bits per heavy atom. The van der Waals surface area contributed by atoms with Gasteiger partial charge < -0.3 is 23.7 Å². The number of rotatable bonds is 13. The Labute approximate surface area is 231 Å². The molecule has 0 aromatic rings. The fourth-order valence-corrected chi connectivity index (χ4v) is 2.49. The van der Waals surface area contributed by atoms with Crippen molar-refractivity contribution in [3.8, 4) is 0 Å². The molecule has 8 heteroatoms. The Bertz CT molecular complexity index is 740. The molecule has 2 heterocycles. The maximum absolute atomic E-state index is 11.7. The van der Waals surface area contributed by atoms with Crippen molar-refractivity contribution in [3.05, 3.63) is 12.7 Å². The normalized spacial score (nSPS) is 17.8. The molecule has 0 N–H and O–H groups in total. The molecule has 8 nitrogen and oxygen atoms in total. The van der Waals surface area contributed by atoms with Gasteiger partial charge in [0.25, 0.3) is 0 Å². The van der Waals surface area contributed by atoms with Crippen molar-refractivity contribution < 1.29 is 38.1 Å². The first kappa shape index (κ1) is 36.1. The van der Waals surface area contributed by atoms with E-state index in [0.717, 1.165) is 45.5 Å². The molecular weight excluding hydrogens is 488 g/mol. The lowest BCUT2D eigenvalue weighted by Gasteiger charge is -2.40. The predicted molar refractivity (Wildman–Crippen MR) is 149 cm³/mol. The van der Waals surface area contributed by atoms with Crippen LogP contribution in [0.3, 0.4) is 0 Å². The summed E-state index contributed by atoms with van der Waals surface area (Å²) in [5.41, 5.74) is -0.975. The summed E-state index contributed by atoms with van der Waals surface area (Å²) in [5.74, 6) is -0.370. The lowest BCUT2D eigenvalue weighted by molar-refractivity contribution is -0.178. The maximum Gasteiger partial charge on any atom is 0.311 e. The number of esters is 3. The van der Waals surface area contributed by atoms with Gasteiger partial charge in [0, 0.05) is 0 Å². The number of ether oxygens (including phenoxy) is 5. The van der Waals surface area contributed by atoms with Crippen LogP contribution in [0.15, 0.2) is 12.7 Å². The topological polar surface area (TPSA) is 101 Å². The highest BCUT2D eigenvalue weighted by Crippen LogP contribution is 2.32. The molecule has 0 aromatic heterocycles. The largest absolute Gasteiger partial charge is 0.465 e. The Morgan fingerprint density at radius 2 is 1.24 bits per heavy atom. The molecule has 2 aliphatic rings. The molecule has 0 bridgehead atoms. The van der Waals surface area contributed by atoms with E-state index >= 15 is 0 Å². The van der Waals surface area contributed by atoms with Gasteiger partial charge in [-0.25, -0.2) is 0 Å². The smallest absolute Gasteiger partial charge is 0.311 e. The van der Waals surface area contributed by atoms with Gasteiger partial charge in [0.05, 0.1) is 41.5 Å². The van der Waals surface area contributed by atoms with Gasteiger partial charge >= 0.3 is 17.9 Å². The van der Waals surface area contributed by atoms with Crippen molar-refractivity contribution in [1.29, 1.82) is 0 Å². The first-order valence-corrected chi connectivity index (χ1v) is 13.9. The number of hydrogen-bond acceptors (Lipinski definition) is 8. The van der Waals surface area contributed by atoms with Crippen LogP contribution in [0.5, 0.6) is 0 Å². The lowest BCUT2D eigenvalue weighted by atomic mass is 9.84. The minimum absolute atomic E-state index is 0.0928. The second-order valence-electron chi connectivity index (χ2n) is 12.1. The summed E-state index contributed by atoms with van der Waals surface area (Å²) in [6, 6.07) is 0. The highest BCUT2D eigenvalue weighted by molar-refractivity contribution is 5.76. The standard InChI is InChI=1S/C12H22O3.C9H16O3.C9H16O2/c1-5-11(3,4)10(13)15-9-12(6-2)7-14-8-12;1-4-9(2,3)8(10)12-6-7-5-11-7;1-5-7-11-8(10)9(3,4)6-2/h5-9H2,1-4H3;7H,4-6H2,1-3H3;5H,1,6-7H2,2-4H3. The molecule has 2 rings (SSSR count). The van der Waals surface area contributed by atoms with Gasteiger partial charge in [-0.1, -0.05) is 40.3 Å². The molecule has 0 saturated carbocycles. The first-order chi connectivity index (χ1) is 17.6. The predicted octanol–water partition coefficient (Wildman–Crippen LogP) is 5.91. The van der Waals surface area contributed by atoms with Crippen molar-refractivity contribution in [2.24, 2.45) is 21.7 Å². The molecule has 1 atom stereocenters. The summed E-state index contributed by atoms with van der Waals surface area (Å²) in [4.78, 5) is 34.3. The minimum Gasteiger partial charge on any atom is -0.465 e. The van der Waals surface area contributed by atoms with Crippen LogP contribution < -0.4 is 0 Å². The second-order valence-corrected chi connectivity index (χ2v) is 12.1. The van der Waals surface area contributed by atoms with E-state index in [1.807, 2.05) is 62.3 Å². The van der Waals surface area contributed by atoms with Crippen LogP contribution in [0.1, 0.15) is 94.9 Å². The summed E-state index contributed by atoms with van der Waals surface area (Å²) in [6.45, 7) is 26.3. The van der Waals surface area contributed by atoms with Crippen molar-refractivity contribution in [3.63, 3.8) is 0 Å². The average Bonchev–Trinajstić information content (AvgIpc) is 3.70. The van der Waals surface area contributed by atoms with E-state index in [1.165, 1.54) is 0 Å². The van der Waals surface area contributed by atoms with Crippen LogP contribution >= 0.6 is 0 Å². The van der Waals surface area contributed by atoms with Gasteiger partial charge in [-0.05, 0) is 67.2 Å². The van der Waals surface area contributed by atoms with Gasteiger partial charge in [0.2, 0.25) is 0 Å². The zero-order chi connectivity index (χ0) is 29.6. The number of hydrogen-bond donors (Lipinski definition) is 0. The van der Waals surface area contributed by atoms with E-state index in [0.29, 0.717) is 19.8 Å². The molecule has 0 radical (unpaired) electrons. The highest BCUT2D eigenvalue weighted by atomic mass is 16.6. The second kappa shape index (κ2) is 16.2. The minimum atomic E-state index is -0.362. The summed E-state index contributed by atoms with van der Waals surface area (Å²) in [6.07, 6.45) is 5.15. The van der Waals surface area contributed by atoms with Crippen molar-refractivity contribution in [1.82, 2.24) is 0 Å². The van der Waals surface area contributed by atoms with E-state index in [4.69, 9.17) is 23.7 Å². The van der Waals surface area contributed by atoms with Crippen LogP contribution in [0.25, 0.3) is 0 Å². The molecule has 0 aliphatic carbocycles. The third kappa shape index (κ3) is 12.7. The van der Waals surface area contributed by atoms with E-state index in [2.05, 4.69) is 13.5 Å². The summed E-state index contributed by atoms with van der Waals surface area (Å²) in [7, 11) is 0. The lowest BCUT2D eigenvalue weighted by Crippen LogP contribution is -2.47. The Morgan fingerprint density at radius 1 is 0.816 bits per heavy atom. The molecule has 2 fully saturated rings. The number of epoxide rings is 1. The molecule has 2 saturated heterocycles. The van der Waals surface area contributed by atoms with E-state index < -0.39 is 0 Å². The quantitative estimate of drug-likeness (QED) is 0.123. The van der Waals surface area contributed by atoms with Crippen LogP contribution in [-0.2, 0) is 38.1 Å². The highest BCUT2D eigenvalue weighted by Gasteiger charge is 2.39. The number of carbonyl (C=O) groups excluding carboxylic acids is 3. The average molecular weight is 543 g/mol. The third-order valence-corrected chi connectivity index (χ3v) is 7.52. The summed E-state index contributed by atoms with van der Waals surface area (Å²) >= 11 is 0. The van der Waals surface area contributed by atoms with Crippen LogP contribution in [0.4, 0.5) is 0 Å². The number of carbonyl (C=O) groups is 3. The molecule has 0 aromatic carbocycles. The van der Waals surface area contributed by atoms with Gasteiger partial charge in [-0.3, -0.25) is 14.4 Å². The van der Waals surface area contributed by atoms with E-state index in [9.17, 15) is 14.4 Å². The fourth-order valence-electron chi connectivity index (χ4n) is 2.49. The van der Waals surface area contributed by atoms with Crippen LogP contribution in [-0.4, -0.2) is 63.7 Å². The summed E-state index contributed by atoms with van der Waals surface area (Å²) in [5, 5.41) is 0. The van der Waals surface area contributed by atoms with Gasteiger partial charge in [-0.2, -0.15) is 0 Å². The fraction of sp³-hybridized carbons (Fsp3) is 0.833. The Balaban J connectivity index is 0.000000549. The van der Waals surface area contributed by atoms with E-state index in [-0.39, 0.29) is 45.7 Å². The van der Waals surface area contributed by atoms with Gasteiger partial charge in [0.15, 0.2) is 0 Å². The molecule has 2 aliphatic heterocycles. The maximum atomic E-state index is 11.7. The Kier molecular flexibility index (Phi) is 15.4.